The second-order valence-electron chi connectivity index (χ2n) is 4.91. The molecule has 2 aromatic carbocycles. The van der Waals surface area contributed by atoms with Gasteiger partial charge < -0.3 is 11.1 Å². The molecule has 0 unspecified atom stereocenters. The molecule has 0 aliphatic carbocycles. The van der Waals surface area contributed by atoms with Gasteiger partial charge in [-0.25, -0.2) is 4.98 Å². The van der Waals surface area contributed by atoms with Gasteiger partial charge in [-0.05, 0) is 37.3 Å². The van der Waals surface area contributed by atoms with Crippen molar-refractivity contribution in [2.24, 2.45) is 0 Å². The third-order valence-electron chi connectivity index (χ3n) is 3.21. The third kappa shape index (κ3) is 3.15. The number of rotatable bonds is 3. The van der Waals surface area contributed by atoms with Gasteiger partial charge in [-0.15, -0.1) is 11.3 Å². The normalized spacial score (nSPS) is 10.4. The minimum Gasteiger partial charge on any atom is -0.399 e. The van der Waals surface area contributed by atoms with Crippen molar-refractivity contribution >= 4 is 28.6 Å². The largest absolute Gasteiger partial charge is 0.399 e. The Morgan fingerprint density at radius 1 is 1.18 bits per heavy atom. The molecule has 0 saturated heterocycles. The number of anilines is 2. The van der Waals surface area contributed by atoms with Gasteiger partial charge in [0.25, 0.3) is 5.91 Å². The molecule has 3 N–H and O–H groups in total. The zero-order chi connectivity index (χ0) is 15.5. The molecule has 0 aliphatic heterocycles. The first-order valence-corrected chi connectivity index (χ1v) is 7.69. The maximum atomic E-state index is 12.1. The summed E-state index contributed by atoms with van der Waals surface area (Å²) in [6.45, 7) is 1.98. The van der Waals surface area contributed by atoms with Gasteiger partial charge in [0.05, 0.1) is 10.7 Å². The SMILES string of the molecule is Cc1nc(-c2ccc(NC(=O)c3cccc(N)c3)cc2)cs1. The van der Waals surface area contributed by atoms with Crippen LogP contribution in [0.3, 0.4) is 0 Å². The summed E-state index contributed by atoms with van der Waals surface area (Å²) in [7, 11) is 0. The topological polar surface area (TPSA) is 68.0 Å². The van der Waals surface area contributed by atoms with E-state index in [0.29, 0.717) is 11.3 Å². The van der Waals surface area contributed by atoms with Gasteiger partial charge >= 0.3 is 0 Å². The number of thiazole rings is 1. The van der Waals surface area contributed by atoms with Crippen LogP contribution in [0.25, 0.3) is 11.3 Å². The number of benzene rings is 2. The fraction of sp³-hybridized carbons (Fsp3) is 0.0588. The van der Waals surface area contributed by atoms with E-state index in [1.807, 2.05) is 36.6 Å². The summed E-state index contributed by atoms with van der Waals surface area (Å²) in [6.07, 6.45) is 0. The van der Waals surface area contributed by atoms with Crippen molar-refractivity contribution in [1.29, 1.82) is 0 Å². The van der Waals surface area contributed by atoms with E-state index in [2.05, 4.69) is 10.3 Å². The average molecular weight is 309 g/mol. The van der Waals surface area contributed by atoms with E-state index in [9.17, 15) is 4.79 Å². The molecule has 0 atom stereocenters. The first kappa shape index (κ1) is 14.3. The highest BCUT2D eigenvalue weighted by Gasteiger charge is 2.07. The molecule has 1 aromatic heterocycles. The Labute approximate surface area is 132 Å². The van der Waals surface area contributed by atoms with E-state index in [1.165, 1.54) is 0 Å². The van der Waals surface area contributed by atoms with E-state index in [4.69, 9.17) is 5.73 Å². The molecule has 110 valence electrons. The highest BCUT2D eigenvalue weighted by Crippen LogP contribution is 2.23. The number of nitrogen functional groups attached to an aromatic ring is 1. The Morgan fingerprint density at radius 2 is 1.95 bits per heavy atom. The molecule has 4 nitrogen and oxygen atoms in total. The monoisotopic (exact) mass is 309 g/mol. The predicted octanol–water partition coefficient (Wildman–Crippen LogP) is 3.95. The molecule has 0 saturated carbocycles. The van der Waals surface area contributed by atoms with Crippen molar-refractivity contribution < 1.29 is 4.79 Å². The number of carbonyl (C=O) groups excluding carboxylic acids is 1. The van der Waals surface area contributed by atoms with Gasteiger partial charge in [-0.2, -0.15) is 0 Å². The molecular formula is C17H15N3OS. The molecule has 1 heterocycles. The maximum absolute atomic E-state index is 12.1. The van der Waals surface area contributed by atoms with Crippen LogP contribution < -0.4 is 11.1 Å². The van der Waals surface area contributed by atoms with Crippen LogP contribution in [0.5, 0.6) is 0 Å². The highest BCUT2D eigenvalue weighted by molar-refractivity contribution is 7.09. The number of aromatic nitrogens is 1. The fourth-order valence-electron chi connectivity index (χ4n) is 2.10. The summed E-state index contributed by atoms with van der Waals surface area (Å²) in [5, 5.41) is 5.92. The Kier molecular flexibility index (Phi) is 3.89. The fourth-order valence-corrected chi connectivity index (χ4v) is 2.73. The Balaban J connectivity index is 1.75. The van der Waals surface area contributed by atoms with Crippen molar-refractivity contribution in [3.8, 4) is 11.3 Å². The number of hydrogen-bond acceptors (Lipinski definition) is 4. The highest BCUT2D eigenvalue weighted by atomic mass is 32.1. The number of nitrogens with zero attached hydrogens (tertiary/aromatic N) is 1. The predicted molar refractivity (Wildman–Crippen MR) is 91.1 cm³/mol. The van der Waals surface area contributed by atoms with Gasteiger partial charge in [-0.1, -0.05) is 18.2 Å². The lowest BCUT2D eigenvalue weighted by Crippen LogP contribution is -2.11. The summed E-state index contributed by atoms with van der Waals surface area (Å²) >= 11 is 1.62. The zero-order valence-electron chi connectivity index (χ0n) is 12.0. The summed E-state index contributed by atoms with van der Waals surface area (Å²) in [4.78, 5) is 16.6. The molecule has 0 fully saturated rings. The molecule has 3 aromatic rings. The minimum atomic E-state index is -0.176. The van der Waals surface area contributed by atoms with Crippen molar-refractivity contribution in [2.45, 2.75) is 6.92 Å². The second-order valence-corrected chi connectivity index (χ2v) is 5.97. The second kappa shape index (κ2) is 5.99. The molecule has 0 aliphatic rings. The quantitative estimate of drug-likeness (QED) is 0.720. The summed E-state index contributed by atoms with van der Waals surface area (Å²) in [5.74, 6) is -0.176. The lowest BCUT2D eigenvalue weighted by atomic mass is 10.1. The van der Waals surface area contributed by atoms with Gasteiger partial charge in [0.15, 0.2) is 0 Å². The van der Waals surface area contributed by atoms with E-state index in [-0.39, 0.29) is 5.91 Å². The van der Waals surface area contributed by atoms with Gasteiger partial charge in [0.2, 0.25) is 0 Å². The first-order chi connectivity index (χ1) is 10.6. The van der Waals surface area contributed by atoms with Crippen molar-refractivity contribution in [2.75, 3.05) is 11.1 Å². The molecule has 3 rings (SSSR count). The zero-order valence-corrected chi connectivity index (χ0v) is 12.9. The molecule has 1 amide bonds. The Bertz CT molecular complexity index is 809. The maximum Gasteiger partial charge on any atom is 0.255 e. The van der Waals surface area contributed by atoms with Crippen LogP contribution in [0.1, 0.15) is 15.4 Å². The van der Waals surface area contributed by atoms with Gasteiger partial charge in [0.1, 0.15) is 0 Å². The van der Waals surface area contributed by atoms with Crippen molar-refractivity contribution in [3.05, 3.63) is 64.5 Å². The van der Waals surface area contributed by atoms with Crippen LogP contribution in [0.4, 0.5) is 11.4 Å². The summed E-state index contributed by atoms with van der Waals surface area (Å²) in [5.41, 5.74) is 9.53. The lowest BCUT2D eigenvalue weighted by Gasteiger charge is -2.06. The Morgan fingerprint density at radius 3 is 2.59 bits per heavy atom. The number of hydrogen-bond donors (Lipinski definition) is 2. The van der Waals surface area contributed by atoms with Crippen molar-refractivity contribution in [1.82, 2.24) is 4.98 Å². The molecular weight excluding hydrogens is 294 g/mol. The number of aryl methyl sites for hydroxylation is 1. The van der Waals surface area contributed by atoms with Gasteiger partial charge in [-0.3, -0.25) is 4.79 Å². The summed E-state index contributed by atoms with van der Waals surface area (Å²) in [6, 6.07) is 14.5. The van der Waals surface area contributed by atoms with Crippen molar-refractivity contribution in [3.63, 3.8) is 0 Å². The van der Waals surface area contributed by atoms with Crippen LogP contribution in [-0.2, 0) is 0 Å². The van der Waals surface area contributed by atoms with Crippen LogP contribution in [0, 0.1) is 6.92 Å². The molecule has 0 spiro atoms. The summed E-state index contributed by atoms with van der Waals surface area (Å²) < 4.78 is 0. The number of nitrogens with one attached hydrogen (secondary N) is 1. The molecule has 0 bridgehead atoms. The average Bonchev–Trinajstić information content (AvgIpc) is 2.94. The van der Waals surface area contributed by atoms with E-state index in [0.717, 1.165) is 22.0 Å². The van der Waals surface area contributed by atoms with E-state index < -0.39 is 0 Å². The molecule has 22 heavy (non-hydrogen) atoms. The van der Waals surface area contributed by atoms with Crippen LogP contribution in [0.15, 0.2) is 53.9 Å². The number of amides is 1. The lowest BCUT2D eigenvalue weighted by molar-refractivity contribution is 0.102. The minimum absolute atomic E-state index is 0.176. The smallest absolute Gasteiger partial charge is 0.255 e. The molecule has 5 heteroatoms. The van der Waals surface area contributed by atoms with E-state index >= 15 is 0 Å². The van der Waals surface area contributed by atoms with Crippen LogP contribution in [0.2, 0.25) is 0 Å². The number of nitrogens with two attached hydrogens (primary N) is 1. The van der Waals surface area contributed by atoms with E-state index in [1.54, 1.807) is 35.6 Å². The third-order valence-corrected chi connectivity index (χ3v) is 3.98. The first-order valence-electron chi connectivity index (χ1n) is 6.81. The standard InChI is InChI=1S/C17H15N3OS/c1-11-19-16(10-22-11)12-5-7-15(8-6-12)20-17(21)13-3-2-4-14(18)9-13/h2-10H,18H2,1H3,(H,20,21). The van der Waals surface area contributed by atoms with Crippen LogP contribution >= 0.6 is 11.3 Å². The number of carbonyl (C=O) groups is 1. The Hall–Kier alpha value is -2.66. The van der Waals surface area contributed by atoms with Gasteiger partial charge in [0, 0.05) is 27.9 Å². The van der Waals surface area contributed by atoms with Crippen LogP contribution in [-0.4, -0.2) is 10.9 Å². The molecule has 0 radical (unpaired) electrons.